The molecule has 10 heteroatoms. The number of ether oxygens (including phenoxy) is 3. The van der Waals surface area contributed by atoms with E-state index in [0.717, 1.165) is 11.6 Å². The second kappa shape index (κ2) is 9.24. The molecule has 1 heterocycles. The summed E-state index contributed by atoms with van der Waals surface area (Å²) in [5.41, 5.74) is 0.612. The Kier molecular flexibility index (Phi) is 6.50. The lowest BCUT2D eigenvalue weighted by molar-refractivity contribution is -0.384. The number of carbonyl (C=O) groups is 2. The van der Waals surface area contributed by atoms with Crippen LogP contribution in [0, 0.1) is 10.1 Å². The van der Waals surface area contributed by atoms with Crippen LogP contribution in [0.5, 0.6) is 11.5 Å². The van der Waals surface area contributed by atoms with Gasteiger partial charge in [0.05, 0.1) is 28.5 Å². The Hall–Kier alpha value is -3.33. The maximum atomic E-state index is 12.1. The monoisotopic (exact) mass is 420 g/mol. The van der Waals surface area contributed by atoms with Gasteiger partial charge >= 0.3 is 5.97 Å². The van der Waals surface area contributed by atoms with E-state index in [-0.39, 0.29) is 35.8 Å². The molecule has 152 valence electrons. The number of hydrogen-bond acceptors (Lipinski definition) is 7. The minimum absolute atomic E-state index is 0.0281. The number of benzene rings is 2. The fraction of sp³-hybridized carbons (Fsp3) is 0.263. The van der Waals surface area contributed by atoms with Crippen molar-refractivity contribution in [3.8, 4) is 11.5 Å². The van der Waals surface area contributed by atoms with Gasteiger partial charge in [-0.1, -0.05) is 17.7 Å². The minimum Gasteiger partial charge on any atom is -0.486 e. The molecule has 1 aliphatic rings. The van der Waals surface area contributed by atoms with Crippen LogP contribution in [0.2, 0.25) is 5.02 Å². The third-order valence-corrected chi connectivity index (χ3v) is 4.33. The summed E-state index contributed by atoms with van der Waals surface area (Å²) < 4.78 is 16.0. The normalized spacial score (nSPS) is 12.2. The molecule has 29 heavy (non-hydrogen) atoms. The van der Waals surface area contributed by atoms with Crippen LogP contribution < -0.4 is 14.8 Å². The molecule has 1 amide bonds. The minimum atomic E-state index is -0.602. The van der Waals surface area contributed by atoms with Crippen molar-refractivity contribution in [2.45, 2.75) is 6.42 Å². The first-order chi connectivity index (χ1) is 13.9. The molecule has 2 aromatic carbocycles. The summed E-state index contributed by atoms with van der Waals surface area (Å²) in [6.45, 7) is 0.989. The molecule has 0 saturated carbocycles. The standard InChI is InChI=1S/C19H17ClN2O7/c20-15-11-13(22(25)26)2-3-14(15)19(24)21-5-6-29-18(23)10-12-1-4-16-17(9-12)28-8-7-27-16/h1-4,9,11H,5-8,10H2,(H,21,24). The predicted molar refractivity (Wildman–Crippen MR) is 103 cm³/mol. The molecular weight excluding hydrogens is 404 g/mol. The number of halogens is 1. The second-order valence-electron chi connectivity index (χ2n) is 6.05. The zero-order valence-corrected chi connectivity index (χ0v) is 15.9. The Bertz CT molecular complexity index is 948. The zero-order valence-electron chi connectivity index (χ0n) is 15.2. The van der Waals surface area contributed by atoms with Gasteiger partial charge in [-0.15, -0.1) is 0 Å². The van der Waals surface area contributed by atoms with Crippen molar-refractivity contribution >= 4 is 29.2 Å². The lowest BCUT2D eigenvalue weighted by Gasteiger charge is -2.18. The predicted octanol–water partition coefficient (Wildman–Crippen LogP) is 2.54. The van der Waals surface area contributed by atoms with Gasteiger partial charge in [0.25, 0.3) is 11.6 Å². The Morgan fingerprint density at radius 2 is 1.90 bits per heavy atom. The number of non-ortho nitro benzene ring substituents is 1. The molecule has 0 fully saturated rings. The van der Waals surface area contributed by atoms with E-state index < -0.39 is 16.8 Å². The summed E-state index contributed by atoms with van der Waals surface area (Å²) >= 11 is 5.90. The lowest BCUT2D eigenvalue weighted by Crippen LogP contribution is -2.28. The van der Waals surface area contributed by atoms with Crippen LogP contribution in [0.1, 0.15) is 15.9 Å². The molecule has 0 bridgehead atoms. The van der Waals surface area contributed by atoms with Crippen molar-refractivity contribution in [2.75, 3.05) is 26.4 Å². The van der Waals surface area contributed by atoms with Crippen LogP contribution in [-0.2, 0) is 16.0 Å². The molecule has 0 aliphatic carbocycles. The number of rotatable bonds is 7. The highest BCUT2D eigenvalue weighted by molar-refractivity contribution is 6.34. The SMILES string of the molecule is O=C(Cc1ccc2c(c1)OCCO2)OCCNC(=O)c1ccc([N+](=O)[O-])cc1Cl. The van der Waals surface area contributed by atoms with E-state index in [1.54, 1.807) is 18.2 Å². The first-order valence-electron chi connectivity index (χ1n) is 8.70. The lowest BCUT2D eigenvalue weighted by atomic mass is 10.1. The van der Waals surface area contributed by atoms with Crippen molar-refractivity contribution in [3.05, 3.63) is 62.7 Å². The van der Waals surface area contributed by atoms with Gasteiger partial charge in [0, 0.05) is 12.1 Å². The van der Waals surface area contributed by atoms with Crippen LogP contribution in [0.3, 0.4) is 0 Å². The van der Waals surface area contributed by atoms with Gasteiger partial charge in [-0.3, -0.25) is 19.7 Å². The molecule has 1 N–H and O–H groups in total. The number of amides is 1. The molecule has 0 spiro atoms. The van der Waals surface area contributed by atoms with E-state index in [0.29, 0.717) is 24.7 Å². The first-order valence-corrected chi connectivity index (χ1v) is 9.08. The topological polar surface area (TPSA) is 117 Å². The Morgan fingerprint density at radius 3 is 2.62 bits per heavy atom. The van der Waals surface area contributed by atoms with Gasteiger partial charge in [-0.25, -0.2) is 0 Å². The average molecular weight is 421 g/mol. The van der Waals surface area contributed by atoms with Gasteiger partial charge in [0.15, 0.2) is 11.5 Å². The van der Waals surface area contributed by atoms with Crippen molar-refractivity contribution < 1.29 is 28.7 Å². The molecule has 9 nitrogen and oxygen atoms in total. The molecule has 0 aromatic heterocycles. The summed E-state index contributed by atoms with van der Waals surface area (Å²) in [5.74, 6) is 0.256. The summed E-state index contributed by atoms with van der Waals surface area (Å²) in [5, 5.41) is 13.2. The number of fused-ring (bicyclic) bond motifs is 1. The number of nitrogens with one attached hydrogen (secondary N) is 1. The van der Waals surface area contributed by atoms with Crippen LogP contribution in [0.4, 0.5) is 5.69 Å². The van der Waals surface area contributed by atoms with Gasteiger partial charge in [-0.2, -0.15) is 0 Å². The van der Waals surface area contributed by atoms with Crippen LogP contribution in [0.15, 0.2) is 36.4 Å². The molecule has 2 aromatic rings. The summed E-state index contributed by atoms with van der Waals surface area (Å²) in [6.07, 6.45) is 0.0543. The van der Waals surface area contributed by atoms with Crippen molar-refractivity contribution in [3.63, 3.8) is 0 Å². The van der Waals surface area contributed by atoms with E-state index in [4.69, 9.17) is 25.8 Å². The van der Waals surface area contributed by atoms with Crippen molar-refractivity contribution in [1.29, 1.82) is 0 Å². The molecule has 0 atom stereocenters. The largest absolute Gasteiger partial charge is 0.486 e. The van der Waals surface area contributed by atoms with Gasteiger partial charge in [0.2, 0.25) is 0 Å². The zero-order chi connectivity index (χ0) is 20.8. The van der Waals surface area contributed by atoms with Crippen LogP contribution in [0.25, 0.3) is 0 Å². The molecule has 1 aliphatic heterocycles. The first kappa shape index (κ1) is 20.4. The van der Waals surface area contributed by atoms with E-state index in [2.05, 4.69) is 5.32 Å². The summed E-state index contributed by atoms with van der Waals surface area (Å²) in [7, 11) is 0. The highest BCUT2D eigenvalue weighted by atomic mass is 35.5. The van der Waals surface area contributed by atoms with E-state index in [1.807, 2.05) is 0 Å². The van der Waals surface area contributed by atoms with Crippen molar-refractivity contribution in [2.24, 2.45) is 0 Å². The molecular formula is C19H17ClN2O7. The van der Waals surface area contributed by atoms with E-state index in [9.17, 15) is 19.7 Å². The fourth-order valence-corrected chi connectivity index (χ4v) is 2.90. The summed E-state index contributed by atoms with van der Waals surface area (Å²) in [4.78, 5) is 34.1. The second-order valence-corrected chi connectivity index (χ2v) is 6.46. The number of nitrogens with zero attached hydrogens (tertiary/aromatic N) is 1. The van der Waals surface area contributed by atoms with Crippen LogP contribution in [-0.4, -0.2) is 43.2 Å². The number of nitro benzene ring substituents is 1. The molecule has 0 saturated heterocycles. The number of esters is 1. The average Bonchev–Trinajstić information content (AvgIpc) is 2.70. The van der Waals surface area contributed by atoms with Crippen molar-refractivity contribution in [1.82, 2.24) is 5.32 Å². The summed E-state index contributed by atoms with van der Waals surface area (Å²) in [6, 6.07) is 8.79. The van der Waals surface area contributed by atoms with E-state index >= 15 is 0 Å². The smallest absolute Gasteiger partial charge is 0.310 e. The Labute approximate surface area is 170 Å². The van der Waals surface area contributed by atoms with E-state index in [1.165, 1.54) is 12.1 Å². The number of carbonyl (C=O) groups excluding carboxylic acids is 2. The third kappa shape index (κ3) is 5.35. The maximum Gasteiger partial charge on any atom is 0.310 e. The molecule has 3 rings (SSSR count). The fourth-order valence-electron chi connectivity index (χ4n) is 2.64. The highest BCUT2D eigenvalue weighted by Gasteiger charge is 2.16. The van der Waals surface area contributed by atoms with Gasteiger partial charge in [0.1, 0.15) is 19.8 Å². The van der Waals surface area contributed by atoms with Gasteiger partial charge < -0.3 is 19.5 Å². The number of nitro groups is 1. The number of hydrogen-bond donors (Lipinski definition) is 1. The van der Waals surface area contributed by atoms with Crippen LogP contribution >= 0.6 is 11.6 Å². The van der Waals surface area contributed by atoms with Gasteiger partial charge in [-0.05, 0) is 23.8 Å². The quantitative estimate of drug-likeness (QED) is 0.316. The molecule has 0 radical (unpaired) electrons. The maximum absolute atomic E-state index is 12.1. The third-order valence-electron chi connectivity index (χ3n) is 4.01. The Morgan fingerprint density at radius 1 is 1.14 bits per heavy atom. The molecule has 0 unspecified atom stereocenters. The Balaban J connectivity index is 1.43. The highest BCUT2D eigenvalue weighted by Crippen LogP contribution is 2.30.